The van der Waals surface area contributed by atoms with E-state index in [1.54, 1.807) is 37.4 Å². The van der Waals surface area contributed by atoms with E-state index < -0.39 is 15.9 Å². The molecule has 1 N–H and O–H groups in total. The largest absolute Gasteiger partial charge is 0.313 e. The number of aryl methyl sites for hydroxylation is 1. The minimum atomic E-state index is -3.70. The van der Waals surface area contributed by atoms with Gasteiger partial charge in [0.2, 0.25) is 10.0 Å². The van der Waals surface area contributed by atoms with Crippen LogP contribution in [-0.4, -0.2) is 30.5 Å². The molecule has 2 heterocycles. The molecular formula is C19H16BrN5O3S2. The van der Waals surface area contributed by atoms with Crippen molar-refractivity contribution in [2.45, 2.75) is 13.5 Å². The first kappa shape index (κ1) is 21.9. The highest BCUT2D eigenvalue weighted by molar-refractivity contribution is 9.10. The number of benzene rings is 1. The Morgan fingerprint density at radius 1 is 1.27 bits per heavy atom. The van der Waals surface area contributed by atoms with Crippen LogP contribution >= 0.6 is 27.3 Å². The normalized spacial score (nSPS) is 11.0. The number of halogens is 1. The molecule has 3 aromatic rings. The fourth-order valence-corrected chi connectivity index (χ4v) is 4.19. The molecule has 0 atom stereocenters. The van der Waals surface area contributed by atoms with Crippen molar-refractivity contribution in [3.63, 3.8) is 0 Å². The molecule has 11 heteroatoms. The van der Waals surface area contributed by atoms with E-state index in [-0.39, 0.29) is 5.69 Å². The average Bonchev–Trinajstić information content (AvgIpc) is 3.08. The molecule has 2 aromatic heterocycles. The van der Waals surface area contributed by atoms with Gasteiger partial charge in [0, 0.05) is 16.8 Å². The third-order valence-electron chi connectivity index (χ3n) is 3.95. The van der Waals surface area contributed by atoms with Gasteiger partial charge in [-0.15, -0.1) is 11.3 Å². The topological polar surface area (TPSA) is 116 Å². The van der Waals surface area contributed by atoms with Crippen LogP contribution in [0.5, 0.6) is 0 Å². The average molecular weight is 506 g/mol. The van der Waals surface area contributed by atoms with Crippen molar-refractivity contribution in [1.29, 1.82) is 5.26 Å². The number of anilines is 2. The highest BCUT2D eigenvalue weighted by Crippen LogP contribution is 2.33. The Kier molecular flexibility index (Phi) is 6.50. The van der Waals surface area contributed by atoms with E-state index in [0.717, 1.165) is 17.5 Å². The van der Waals surface area contributed by atoms with Crippen LogP contribution in [0.4, 0.5) is 10.8 Å². The summed E-state index contributed by atoms with van der Waals surface area (Å²) >= 11 is 4.58. The monoisotopic (exact) mass is 505 g/mol. The van der Waals surface area contributed by atoms with Crippen molar-refractivity contribution < 1.29 is 13.2 Å². The third-order valence-corrected chi connectivity index (χ3v) is 5.97. The lowest BCUT2D eigenvalue weighted by Gasteiger charge is -2.22. The Labute approximate surface area is 186 Å². The molecule has 0 aliphatic rings. The van der Waals surface area contributed by atoms with Crippen LogP contribution in [0.1, 0.15) is 26.5 Å². The molecule has 1 amide bonds. The lowest BCUT2D eigenvalue weighted by molar-refractivity contribution is 0.0977. The fraction of sp³-hybridized carbons (Fsp3) is 0.158. The summed E-state index contributed by atoms with van der Waals surface area (Å²) in [5.41, 5.74) is 2.24. The molecule has 0 radical (unpaired) electrons. The van der Waals surface area contributed by atoms with Gasteiger partial charge in [-0.1, -0.05) is 6.07 Å². The van der Waals surface area contributed by atoms with Crippen LogP contribution in [0.2, 0.25) is 0 Å². The number of carbonyl (C=O) groups excluding carboxylic acids is 1. The Morgan fingerprint density at radius 2 is 1.97 bits per heavy atom. The van der Waals surface area contributed by atoms with Crippen LogP contribution in [0.15, 0.2) is 47.2 Å². The van der Waals surface area contributed by atoms with Crippen LogP contribution in [0, 0.1) is 18.3 Å². The van der Waals surface area contributed by atoms with E-state index in [1.807, 2.05) is 21.8 Å². The van der Waals surface area contributed by atoms with Gasteiger partial charge in [0.15, 0.2) is 5.13 Å². The van der Waals surface area contributed by atoms with Gasteiger partial charge in [-0.3, -0.25) is 4.79 Å². The Bertz CT molecular complexity index is 1220. The Balaban J connectivity index is 2.01. The number of rotatable bonds is 6. The molecule has 0 bridgehead atoms. The lowest BCUT2D eigenvalue weighted by Crippen LogP contribution is -2.30. The standard InChI is InChI=1S/C19H16BrN5O3S2/c1-12-17(18(26)24-30(2,27)28)23-19(29-12)25(11-14-5-8-16(20)22-10-14)15-6-3-13(9-21)4-7-15/h3-8,10H,11H2,1-2H3,(H,24,26). The van der Waals surface area contributed by atoms with E-state index >= 15 is 0 Å². The molecule has 0 unspecified atom stereocenters. The second-order valence-electron chi connectivity index (χ2n) is 6.34. The number of nitrogens with one attached hydrogen (secondary N) is 1. The number of amides is 1. The molecule has 3 rings (SSSR count). The zero-order valence-electron chi connectivity index (χ0n) is 16.0. The highest BCUT2D eigenvalue weighted by atomic mass is 79.9. The van der Waals surface area contributed by atoms with E-state index in [0.29, 0.717) is 26.7 Å². The number of thiazole rings is 1. The lowest BCUT2D eigenvalue weighted by atomic mass is 10.2. The molecule has 0 fully saturated rings. The van der Waals surface area contributed by atoms with Gasteiger partial charge in [0.05, 0.1) is 24.4 Å². The Morgan fingerprint density at radius 3 is 2.53 bits per heavy atom. The van der Waals surface area contributed by atoms with Crippen molar-refractivity contribution in [2.24, 2.45) is 0 Å². The molecule has 154 valence electrons. The van der Waals surface area contributed by atoms with Crippen LogP contribution in [0.3, 0.4) is 0 Å². The van der Waals surface area contributed by atoms with E-state index in [9.17, 15) is 13.2 Å². The maximum Gasteiger partial charge on any atom is 0.284 e. The molecule has 0 aliphatic heterocycles. The minimum absolute atomic E-state index is 0.0491. The predicted octanol–water partition coefficient (Wildman–Crippen LogP) is 3.51. The molecule has 30 heavy (non-hydrogen) atoms. The summed E-state index contributed by atoms with van der Waals surface area (Å²) in [7, 11) is -3.70. The number of nitrogens with zero attached hydrogens (tertiary/aromatic N) is 4. The van der Waals surface area contributed by atoms with Gasteiger partial charge in [-0.05, 0) is 58.7 Å². The van der Waals surface area contributed by atoms with Gasteiger partial charge in [-0.25, -0.2) is 23.1 Å². The van der Waals surface area contributed by atoms with Crippen LogP contribution < -0.4 is 9.62 Å². The maximum atomic E-state index is 12.3. The molecule has 8 nitrogen and oxygen atoms in total. The SMILES string of the molecule is Cc1sc(N(Cc2ccc(Br)nc2)c2ccc(C#N)cc2)nc1C(=O)NS(C)(=O)=O. The molecule has 0 aliphatic carbocycles. The van der Waals surface area contributed by atoms with Crippen molar-refractivity contribution >= 4 is 54.0 Å². The summed E-state index contributed by atoms with van der Waals surface area (Å²) in [6, 6.07) is 12.8. The van der Waals surface area contributed by atoms with Gasteiger partial charge < -0.3 is 4.90 Å². The van der Waals surface area contributed by atoms with Gasteiger partial charge >= 0.3 is 0 Å². The maximum absolute atomic E-state index is 12.3. The predicted molar refractivity (Wildman–Crippen MR) is 118 cm³/mol. The summed E-state index contributed by atoms with van der Waals surface area (Å²) in [6.07, 6.45) is 2.63. The van der Waals surface area contributed by atoms with E-state index in [1.165, 1.54) is 11.3 Å². The fourth-order valence-electron chi connectivity index (χ4n) is 2.59. The van der Waals surface area contributed by atoms with Crippen molar-refractivity contribution in [3.8, 4) is 6.07 Å². The number of sulfonamides is 1. The quantitative estimate of drug-likeness (QED) is 0.509. The Hall–Kier alpha value is -2.81. The zero-order valence-corrected chi connectivity index (χ0v) is 19.2. The number of pyridine rings is 1. The molecule has 0 saturated heterocycles. The molecule has 1 aromatic carbocycles. The molecule has 0 spiro atoms. The number of nitriles is 1. The summed E-state index contributed by atoms with van der Waals surface area (Å²) in [4.78, 5) is 23.4. The van der Waals surface area contributed by atoms with Gasteiger partial charge in [0.25, 0.3) is 5.91 Å². The highest BCUT2D eigenvalue weighted by Gasteiger charge is 2.22. The second-order valence-corrected chi connectivity index (χ2v) is 10.1. The van der Waals surface area contributed by atoms with E-state index in [2.05, 4.69) is 32.0 Å². The van der Waals surface area contributed by atoms with Crippen molar-refractivity contribution in [2.75, 3.05) is 11.2 Å². The molecule has 0 saturated carbocycles. The smallest absolute Gasteiger partial charge is 0.284 e. The first-order valence-electron chi connectivity index (χ1n) is 8.54. The van der Waals surface area contributed by atoms with Gasteiger partial charge in [0.1, 0.15) is 10.3 Å². The summed E-state index contributed by atoms with van der Waals surface area (Å²) < 4.78 is 25.5. The first-order valence-corrected chi connectivity index (χ1v) is 12.0. The summed E-state index contributed by atoms with van der Waals surface area (Å²) in [6.45, 7) is 2.11. The van der Waals surface area contributed by atoms with Crippen LogP contribution in [-0.2, 0) is 16.6 Å². The second kappa shape index (κ2) is 8.91. The number of carbonyl (C=O) groups is 1. The molecular weight excluding hydrogens is 490 g/mol. The number of hydrogen-bond donors (Lipinski definition) is 1. The van der Waals surface area contributed by atoms with Gasteiger partial charge in [-0.2, -0.15) is 5.26 Å². The zero-order chi connectivity index (χ0) is 21.9. The summed E-state index contributed by atoms with van der Waals surface area (Å²) in [5, 5.41) is 9.57. The first-order chi connectivity index (χ1) is 14.2. The van der Waals surface area contributed by atoms with Crippen molar-refractivity contribution in [3.05, 3.63) is 68.9 Å². The third kappa shape index (κ3) is 5.41. The van der Waals surface area contributed by atoms with E-state index in [4.69, 9.17) is 5.26 Å². The van der Waals surface area contributed by atoms with Crippen molar-refractivity contribution in [1.82, 2.24) is 14.7 Å². The summed E-state index contributed by atoms with van der Waals surface area (Å²) in [5.74, 6) is -0.775. The van der Waals surface area contributed by atoms with Crippen LogP contribution in [0.25, 0.3) is 0 Å². The number of hydrogen-bond acceptors (Lipinski definition) is 8. The minimum Gasteiger partial charge on any atom is -0.313 e. The number of aromatic nitrogens is 2.